The molecule has 1 aliphatic rings. The minimum Gasteiger partial charge on any atom is -0.198 e. The Labute approximate surface area is 79.5 Å². The average molecular weight is 174 g/mol. The van der Waals surface area contributed by atoms with Crippen molar-refractivity contribution in [1.82, 2.24) is 0 Å². The molecule has 0 aromatic heterocycles. The lowest BCUT2D eigenvalue weighted by atomic mass is 9.82. The van der Waals surface area contributed by atoms with Gasteiger partial charge >= 0.3 is 0 Å². The third kappa shape index (κ3) is 2.92. The van der Waals surface area contributed by atoms with E-state index in [1.54, 1.807) is 6.08 Å². The SMILES string of the molecule is N#CC=C(CC#N)C1CCCCC1. The summed E-state index contributed by atoms with van der Waals surface area (Å²) >= 11 is 0. The molecule has 0 N–H and O–H groups in total. The highest BCUT2D eigenvalue weighted by Gasteiger charge is 2.17. The molecule has 0 saturated heterocycles. The highest BCUT2D eigenvalue weighted by molar-refractivity contribution is 5.19. The highest BCUT2D eigenvalue weighted by atomic mass is 14.3. The molecule has 1 rings (SSSR count). The van der Waals surface area contributed by atoms with Crippen LogP contribution in [0.2, 0.25) is 0 Å². The van der Waals surface area contributed by atoms with E-state index in [0.29, 0.717) is 12.3 Å². The molecule has 1 fully saturated rings. The van der Waals surface area contributed by atoms with E-state index < -0.39 is 0 Å². The number of hydrogen-bond donors (Lipinski definition) is 0. The van der Waals surface area contributed by atoms with Gasteiger partial charge in [-0.1, -0.05) is 19.3 Å². The predicted molar refractivity (Wildman–Crippen MR) is 50.5 cm³/mol. The van der Waals surface area contributed by atoms with Gasteiger partial charge in [0.25, 0.3) is 0 Å². The normalized spacial score (nSPS) is 19.1. The van der Waals surface area contributed by atoms with Crippen LogP contribution in [0.4, 0.5) is 0 Å². The lowest BCUT2D eigenvalue weighted by molar-refractivity contribution is 0.399. The maximum atomic E-state index is 8.59. The van der Waals surface area contributed by atoms with E-state index in [9.17, 15) is 0 Å². The lowest BCUT2D eigenvalue weighted by Gasteiger charge is -2.22. The molecule has 13 heavy (non-hydrogen) atoms. The Morgan fingerprint density at radius 2 is 1.92 bits per heavy atom. The first-order chi connectivity index (χ1) is 6.38. The highest BCUT2D eigenvalue weighted by Crippen LogP contribution is 2.30. The molecule has 0 amide bonds. The number of nitriles is 2. The van der Waals surface area contributed by atoms with Crippen molar-refractivity contribution in [3.63, 3.8) is 0 Å². The van der Waals surface area contributed by atoms with Crippen molar-refractivity contribution < 1.29 is 0 Å². The molecule has 0 atom stereocenters. The molecular weight excluding hydrogens is 160 g/mol. The van der Waals surface area contributed by atoms with Crippen molar-refractivity contribution in [2.75, 3.05) is 0 Å². The van der Waals surface area contributed by atoms with Gasteiger partial charge in [-0.05, 0) is 24.3 Å². The second-order valence-electron chi connectivity index (χ2n) is 3.52. The maximum absolute atomic E-state index is 8.59. The summed E-state index contributed by atoms with van der Waals surface area (Å²) in [5, 5.41) is 17.2. The Bertz CT molecular complexity index is 259. The predicted octanol–water partition coefficient (Wildman–Crippen LogP) is 2.93. The Hall–Kier alpha value is -1.28. The van der Waals surface area contributed by atoms with Crippen LogP contribution < -0.4 is 0 Å². The van der Waals surface area contributed by atoms with Crippen LogP contribution in [-0.4, -0.2) is 0 Å². The van der Waals surface area contributed by atoms with Gasteiger partial charge in [-0.3, -0.25) is 0 Å². The van der Waals surface area contributed by atoms with E-state index in [-0.39, 0.29) is 0 Å². The Kier molecular flexibility index (Phi) is 4.06. The van der Waals surface area contributed by atoms with Crippen molar-refractivity contribution in [2.24, 2.45) is 5.92 Å². The summed E-state index contributed by atoms with van der Waals surface area (Å²) in [5.74, 6) is 0.507. The molecule has 2 nitrogen and oxygen atoms in total. The van der Waals surface area contributed by atoms with Crippen molar-refractivity contribution in [3.8, 4) is 12.1 Å². The van der Waals surface area contributed by atoms with Gasteiger partial charge in [0.05, 0.1) is 18.6 Å². The van der Waals surface area contributed by atoms with Crippen LogP contribution >= 0.6 is 0 Å². The molecule has 68 valence electrons. The van der Waals surface area contributed by atoms with E-state index >= 15 is 0 Å². The molecular formula is C11H14N2. The zero-order chi connectivity index (χ0) is 9.52. The molecule has 0 spiro atoms. The molecule has 0 aromatic rings. The fraction of sp³-hybridized carbons (Fsp3) is 0.636. The topological polar surface area (TPSA) is 47.6 Å². The fourth-order valence-electron chi connectivity index (χ4n) is 1.96. The minimum atomic E-state index is 0.429. The second kappa shape index (κ2) is 5.38. The number of nitrogens with zero attached hydrogens (tertiary/aromatic N) is 2. The van der Waals surface area contributed by atoms with Crippen molar-refractivity contribution in [2.45, 2.75) is 38.5 Å². The monoisotopic (exact) mass is 174 g/mol. The summed E-state index contributed by atoms with van der Waals surface area (Å²) in [6.07, 6.45) is 8.13. The van der Waals surface area contributed by atoms with E-state index in [1.807, 2.05) is 6.07 Å². The van der Waals surface area contributed by atoms with Crippen molar-refractivity contribution >= 4 is 0 Å². The summed E-state index contributed by atoms with van der Waals surface area (Å²) < 4.78 is 0. The van der Waals surface area contributed by atoms with Crippen molar-refractivity contribution in [1.29, 1.82) is 10.5 Å². The first kappa shape index (κ1) is 9.81. The Balaban J connectivity index is 2.59. The van der Waals surface area contributed by atoms with E-state index in [0.717, 1.165) is 18.4 Å². The Morgan fingerprint density at radius 1 is 1.23 bits per heavy atom. The lowest BCUT2D eigenvalue weighted by Crippen LogP contribution is -2.08. The number of rotatable bonds is 2. The number of allylic oxidation sites excluding steroid dienone is 2. The standard InChI is InChI=1S/C11H14N2/c12-8-6-11(7-9-13)10-4-2-1-3-5-10/h6,10H,1-5,7H2. The van der Waals surface area contributed by atoms with Crippen molar-refractivity contribution in [3.05, 3.63) is 11.6 Å². The molecule has 2 heteroatoms. The fourth-order valence-corrected chi connectivity index (χ4v) is 1.96. The molecule has 1 saturated carbocycles. The molecule has 0 unspecified atom stereocenters. The van der Waals surface area contributed by atoms with Crippen LogP contribution in [0.3, 0.4) is 0 Å². The molecule has 0 bridgehead atoms. The van der Waals surface area contributed by atoms with Gasteiger partial charge in [-0.2, -0.15) is 10.5 Å². The molecule has 0 aliphatic heterocycles. The summed E-state index contributed by atoms with van der Waals surface area (Å²) in [5.41, 5.74) is 1.05. The van der Waals surface area contributed by atoms with Gasteiger partial charge in [-0.15, -0.1) is 0 Å². The second-order valence-corrected chi connectivity index (χ2v) is 3.52. The number of hydrogen-bond acceptors (Lipinski definition) is 2. The summed E-state index contributed by atoms with van der Waals surface area (Å²) in [4.78, 5) is 0. The van der Waals surface area contributed by atoms with Crippen LogP contribution in [0.25, 0.3) is 0 Å². The zero-order valence-electron chi connectivity index (χ0n) is 7.79. The average Bonchev–Trinajstić information content (AvgIpc) is 2.19. The van der Waals surface area contributed by atoms with Gasteiger partial charge < -0.3 is 0 Å². The van der Waals surface area contributed by atoms with Crippen LogP contribution in [-0.2, 0) is 0 Å². The quantitative estimate of drug-likeness (QED) is 0.604. The van der Waals surface area contributed by atoms with E-state index in [4.69, 9.17) is 10.5 Å². The zero-order valence-corrected chi connectivity index (χ0v) is 7.79. The van der Waals surface area contributed by atoms with Crippen LogP contribution in [0.15, 0.2) is 11.6 Å². The smallest absolute Gasteiger partial charge is 0.0912 e. The maximum Gasteiger partial charge on any atom is 0.0912 e. The van der Waals surface area contributed by atoms with Crippen LogP contribution in [0, 0.1) is 28.6 Å². The van der Waals surface area contributed by atoms with Crippen LogP contribution in [0.1, 0.15) is 38.5 Å². The van der Waals surface area contributed by atoms with Gasteiger partial charge in [0.2, 0.25) is 0 Å². The minimum absolute atomic E-state index is 0.429. The summed E-state index contributed by atoms with van der Waals surface area (Å²) in [6.45, 7) is 0. The molecule has 0 radical (unpaired) electrons. The summed E-state index contributed by atoms with van der Waals surface area (Å²) in [6, 6.07) is 4.17. The Morgan fingerprint density at radius 3 is 2.46 bits per heavy atom. The summed E-state index contributed by atoms with van der Waals surface area (Å²) in [7, 11) is 0. The van der Waals surface area contributed by atoms with Crippen LogP contribution in [0.5, 0.6) is 0 Å². The molecule has 0 aromatic carbocycles. The van der Waals surface area contributed by atoms with Gasteiger partial charge in [-0.25, -0.2) is 0 Å². The van der Waals surface area contributed by atoms with Gasteiger partial charge in [0, 0.05) is 6.08 Å². The van der Waals surface area contributed by atoms with Gasteiger partial charge in [0.15, 0.2) is 0 Å². The molecule has 0 heterocycles. The van der Waals surface area contributed by atoms with E-state index in [1.165, 1.54) is 19.3 Å². The first-order valence-electron chi connectivity index (χ1n) is 4.84. The first-order valence-corrected chi connectivity index (χ1v) is 4.84. The van der Waals surface area contributed by atoms with E-state index in [2.05, 4.69) is 6.07 Å². The molecule has 1 aliphatic carbocycles. The third-order valence-electron chi connectivity index (χ3n) is 2.66. The third-order valence-corrected chi connectivity index (χ3v) is 2.66. The largest absolute Gasteiger partial charge is 0.198 e. The van der Waals surface area contributed by atoms with Gasteiger partial charge in [0.1, 0.15) is 0 Å².